The molecule has 1 saturated heterocycles. The van der Waals surface area contributed by atoms with Crippen molar-refractivity contribution in [2.75, 3.05) is 18.1 Å². The number of hydrogen-bond donors (Lipinski definition) is 2. The molecule has 27 heavy (non-hydrogen) atoms. The zero-order valence-electron chi connectivity index (χ0n) is 15.2. The number of rotatable bonds is 5. The lowest BCUT2D eigenvalue weighted by molar-refractivity contribution is -0.119. The van der Waals surface area contributed by atoms with E-state index in [4.69, 9.17) is 0 Å². The molecule has 8 nitrogen and oxygen atoms in total. The van der Waals surface area contributed by atoms with Crippen LogP contribution >= 0.6 is 0 Å². The molecule has 0 radical (unpaired) electrons. The third-order valence-corrected chi connectivity index (χ3v) is 5.78. The lowest BCUT2D eigenvalue weighted by Gasteiger charge is -2.21. The predicted octanol–water partition coefficient (Wildman–Crippen LogP) is 1.36. The van der Waals surface area contributed by atoms with E-state index >= 15 is 0 Å². The van der Waals surface area contributed by atoms with Crippen molar-refractivity contribution < 1.29 is 13.2 Å². The number of carbonyl (C=O) groups is 1. The van der Waals surface area contributed by atoms with E-state index in [1.54, 1.807) is 24.3 Å². The second-order valence-corrected chi connectivity index (χ2v) is 8.48. The Bertz CT molecular complexity index is 1020. The van der Waals surface area contributed by atoms with Crippen molar-refractivity contribution in [3.8, 4) is 11.4 Å². The number of benzene rings is 1. The maximum atomic E-state index is 12.6. The molecule has 1 fully saturated rings. The second kappa shape index (κ2) is 7.61. The number of aryl methyl sites for hydroxylation is 1. The molecule has 2 N–H and O–H groups in total. The highest BCUT2D eigenvalue weighted by atomic mass is 32.2. The van der Waals surface area contributed by atoms with E-state index in [0.29, 0.717) is 48.6 Å². The van der Waals surface area contributed by atoms with Crippen LogP contribution < -0.4 is 10.9 Å². The van der Waals surface area contributed by atoms with Crippen molar-refractivity contribution in [1.82, 2.24) is 14.3 Å². The topological polar surface area (TPSA) is 112 Å². The van der Waals surface area contributed by atoms with Crippen LogP contribution in [0.25, 0.3) is 11.4 Å². The fourth-order valence-electron chi connectivity index (χ4n) is 3.19. The Morgan fingerprint density at radius 3 is 2.85 bits per heavy atom. The molecule has 1 amide bonds. The first-order valence-corrected chi connectivity index (χ1v) is 10.6. The third-order valence-electron chi connectivity index (χ3n) is 4.49. The number of nitrogens with zero attached hydrogens (tertiary/aromatic N) is 2. The summed E-state index contributed by atoms with van der Waals surface area (Å²) in [6.45, 7) is 2.27. The molecule has 1 aromatic heterocycles. The Kier molecular flexibility index (Phi) is 5.43. The minimum Gasteiger partial charge on any atom is -0.325 e. The zero-order valence-corrected chi connectivity index (χ0v) is 16.0. The highest BCUT2D eigenvalue weighted by Gasteiger charge is 2.36. The first-order valence-electron chi connectivity index (χ1n) is 8.76. The summed E-state index contributed by atoms with van der Waals surface area (Å²) in [4.78, 5) is 31.5. The molecule has 144 valence electrons. The van der Waals surface area contributed by atoms with Gasteiger partial charge >= 0.3 is 0 Å². The van der Waals surface area contributed by atoms with Gasteiger partial charge in [-0.3, -0.25) is 9.59 Å². The molecule has 1 aromatic carbocycles. The predicted molar refractivity (Wildman–Crippen MR) is 103 cm³/mol. The number of amides is 1. The summed E-state index contributed by atoms with van der Waals surface area (Å²) >= 11 is 0. The van der Waals surface area contributed by atoms with Gasteiger partial charge in [0.15, 0.2) is 0 Å². The van der Waals surface area contributed by atoms with E-state index < -0.39 is 16.1 Å². The fourth-order valence-corrected chi connectivity index (χ4v) is 4.32. The Morgan fingerprint density at radius 2 is 2.15 bits per heavy atom. The highest BCUT2D eigenvalue weighted by Crippen LogP contribution is 2.23. The van der Waals surface area contributed by atoms with Crippen molar-refractivity contribution in [1.29, 1.82) is 0 Å². The maximum Gasteiger partial charge on any atom is 0.251 e. The lowest BCUT2D eigenvalue weighted by Crippen LogP contribution is -2.42. The number of H-pyrrole nitrogens is 1. The Hall–Kier alpha value is -2.52. The third kappa shape index (κ3) is 4.42. The number of anilines is 1. The zero-order chi connectivity index (χ0) is 19.6. The van der Waals surface area contributed by atoms with Gasteiger partial charge in [0.2, 0.25) is 15.9 Å². The maximum absolute atomic E-state index is 12.6. The molecule has 1 aliphatic heterocycles. The van der Waals surface area contributed by atoms with Crippen LogP contribution in [0, 0.1) is 0 Å². The summed E-state index contributed by atoms with van der Waals surface area (Å²) in [6, 6.07) is 7.69. The van der Waals surface area contributed by atoms with Crippen LogP contribution in [0.3, 0.4) is 0 Å². The monoisotopic (exact) mass is 390 g/mol. The van der Waals surface area contributed by atoms with E-state index in [1.807, 2.05) is 6.92 Å². The molecular weight excluding hydrogens is 368 g/mol. The van der Waals surface area contributed by atoms with E-state index in [0.717, 1.165) is 6.26 Å². The molecule has 9 heteroatoms. The number of carbonyl (C=O) groups excluding carboxylic acids is 1. The number of hydrogen-bond acceptors (Lipinski definition) is 5. The molecule has 1 atom stereocenters. The van der Waals surface area contributed by atoms with Crippen molar-refractivity contribution in [3.05, 3.63) is 46.4 Å². The molecule has 2 heterocycles. The summed E-state index contributed by atoms with van der Waals surface area (Å²) in [5.74, 6) is 0.0629. The van der Waals surface area contributed by atoms with Gasteiger partial charge in [0, 0.05) is 29.6 Å². The van der Waals surface area contributed by atoms with Gasteiger partial charge in [-0.15, -0.1) is 0 Å². The average molecular weight is 390 g/mol. The van der Waals surface area contributed by atoms with E-state index in [-0.39, 0.29) is 11.5 Å². The van der Waals surface area contributed by atoms with Crippen LogP contribution in [0.1, 0.15) is 25.5 Å². The molecular formula is C18H22N4O4S. The Morgan fingerprint density at radius 1 is 1.37 bits per heavy atom. The van der Waals surface area contributed by atoms with Gasteiger partial charge in [0.25, 0.3) is 5.56 Å². The summed E-state index contributed by atoms with van der Waals surface area (Å²) in [6.07, 6.45) is 2.89. The minimum atomic E-state index is -3.43. The van der Waals surface area contributed by atoms with Crippen molar-refractivity contribution in [2.45, 2.75) is 32.2 Å². The van der Waals surface area contributed by atoms with Crippen LogP contribution in [0.4, 0.5) is 5.69 Å². The highest BCUT2D eigenvalue weighted by molar-refractivity contribution is 7.88. The van der Waals surface area contributed by atoms with Crippen LogP contribution in [-0.4, -0.2) is 47.4 Å². The smallest absolute Gasteiger partial charge is 0.251 e. The first kappa shape index (κ1) is 19.2. The summed E-state index contributed by atoms with van der Waals surface area (Å²) in [5, 5.41) is 2.77. The second-order valence-electron chi connectivity index (χ2n) is 6.54. The molecule has 0 aliphatic carbocycles. The van der Waals surface area contributed by atoms with Crippen LogP contribution in [-0.2, 0) is 21.2 Å². The van der Waals surface area contributed by atoms with Gasteiger partial charge in [-0.1, -0.05) is 19.1 Å². The standard InChI is InChI=1S/C18H22N4O4S/c1-3-13-11-16(23)21-17(19-13)12-6-4-7-14(10-12)20-18(24)15-8-5-9-22(15)27(2,25)26/h4,6-7,10-11,15H,3,5,8-9H2,1-2H3,(H,20,24)(H,19,21,23). The van der Waals surface area contributed by atoms with E-state index in [2.05, 4.69) is 15.3 Å². The average Bonchev–Trinajstić information content (AvgIpc) is 3.12. The molecule has 0 spiro atoms. The Labute approximate surface area is 157 Å². The Balaban J connectivity index is 1.83. The van der Waals surface area contributed by atoms with Crippen LogP contribution in [0.5, 0.6) is 0 Å². The SMILES string of the molecule is CCc1cc(=O)[nH]c(-c2cccc(NC(=O)C3CCCN3S(C)(=O)=O)c2)n1. The number of sulfonamides is 1. The summed E-state index contributed by atoms with van der Waals surface area (Å²) in [5.41, 5.74) is 1.62. The molecule has 0 saturated carbocycles. The number of aromatic amines is 1. The van der Waals surface area contributed by atoms with Gasteiger partial charge in [0.1, 0.15) is 11.9 Å². The molecule has 1 aliphatic rings. The van der Waals surface area contributed by atoms with Crippen molar-refractivity contribution in [2.24, 2.45) is 0 Å². The van der Waals surface area contributed by atoms with E-state index in [9.17, 15) is 18.0 Å². The molecule has 3 rings (SSSR count). The fraction of sp³-hybridized carbons (Fsp3) is 0.389. The van der Waals surface area contributed by atoms with Gasteiger partial charge in [0.05, 0.1) is 6.26 Å². The van der Waals surface area contributed by atoms with Crippen LogP contribution in [0.2, 0.25) is 0 Å². The van der Waals surface area contributed by atoms with Crippen molar-refractivity contribution >= 4 is 21.6 Å². The first-order chi connectivity index (χ1) is 12.8. The summed E-state index contributed by atoms with van der Waals surface area (Å²) < 4.78 is 24.9. The minimum absolute atomic E-state index is 0.235. The number of aromatic nitrogens is 2. The van der Waals surface area contributed by atoms with Crippen LogP contribution in [0.15, 0.2) is 35.1 Å². The largest absolute Gasteiger partial charge is 0.325 e. The van der Waals surface area contributed by atoms with Gasteiger partial charge < -0.3 is 10.3 Å². The number of nitrogens with one attached hydrogen (secondary N) is 2. The van der Waals surface area contributed by atoms with Crippen molar-refractivity contribution in [3.63, 3.8) is 0 Å². The summed E-state index contributed by atoms with van der Waals surface area (Å²) in [7, 11) is -3.43. The van der Waals surface area contributed by atoms with E-state index in [1.165, 1.54) is 10.4 Å². The lowest BCUT2D eigenvalue weighted by atomic mass is 10.1. The molecule has 1 unspecified atom stereocenters. The quantitative estimate of drug-likeness (QED) is 0.801. The molecule has 0 bridgehead atoms. The normalized spacial score (nSPS) is 17.8. The van der Waals surface area contributed by atoms with Gasteiger partial charge in [-0.05, 0) is 31.4 Å². The van der Waals surface area contributed by atoms with Gasteiger partial charge in [-0.25, -0.2) is 13.4 Å². The molecule has 2 aromatic rings. The van der Waals surface area contributed by atoms with Gasteiger partial charge in [-0.2, -0.15) is 4.31 Å².